The van der Waals surface area contributed by atoms with Crippen molar-refractivity contribution in [2.75, 3.05) is 0 Å². The molecular formula is C13H11N. The smallest absolute Gasteiger partial charge is 0.0481 e. The van der Waals surface area contributed by atoms with Crippen LogP contribution in [0.5, 0.6) is 0 Å². The number of aromatic nitrogens is 1. The fourth-order valence-electron chi connectivity index (χ4n) is 2.10. The summed E-state index contributed by atoms with van der Waals surface area (Å²) in [6, 6.07) is 14.8. The first kappa shape index (κ1) is 7.74. The van der Waals surface area contributed by atoms with Crippen LogP contribution in [-0.2, 0) is 6.42 Å². The van der Waals surface area contributed by atoms with Crippen LogP contribution in [0.3, 0.4) is 0 Å². The quantitative estimate of drug-likeness (QED) is 0.659. The van der Waals surface area contributed by atoms with Gasteiger partial charge in [0.1, 0.15) is 0 Å². The van der Waals surface area contributed by atoms with Gasteiger partial charge in [0.2, 0.25) is 0 Å². The molecule has 0 amide bonds. The standard InChI is InChI=1S/C13H11N/c1-2-6-11-10(5-1)9-12(11)13-7-3-4-8-14-13/h1-8,12H,9H2/t12-/m0/s1. The molecule has 1 heterocycles. The first-order valence-electron chi connectivity index (χ1n) is 4.94. The van der Waals surface area contributed by atoms with Crippen molar-refractivity contribution < 1.29 is 0 Å². The van der Waals surface area contributed by atoms with Crippen LogP contribution >= 0.6 is 0 Å². The number of nitrogens with zero attached hydrogens (tertiary/aromatic N) is 1. The van der Waals surface area contributed by atoms with E-state index in [0.29, 0.717) is 5.92 Å². The molecule has 1 heteroatoms. The lowest BCUT2D eigenvalue weighted by Gasteiger charge is -2.29. The predicted octanol–water partition coefficient (Wildman–Crippen LogP) is 2.77. The molecule has 68 valence electrons. The second-order valence-electron chi connectivity index (χ2n) is 3.71. The van der Waals surface area contributed by atoms with E-state index in [1.54, 1.807) is 0 Å². The van der Waals surface area contributed by atoms with Gasteiger partial charge in [0, 0.05) is 17.8 Å². The van der Waals surface area contributed by atoms with E-state index >= 15 is 0 Å². The zero-order valence-electron chi connectivity index (χ0n) is 7.85. The second-order valence-corrected chi connectivity index (χ2v) is 3.71. The van der Waals surface area contributed by atoms with Crippen molar-refractivity contribution in [2.24, 2.45) is 0 Å². The van der Waals surface area contributed by atoms with Gasteiger partial charge in [-0.1, -0.05) is 30.3 Å². The molecule has 3 rings (SSSR count). The molecule has 0 spiro atoms. The van der Waals surface area contributed by atoms with E-state index in [2.05, 4.69) is 41.4 Å². The van der Waals surface area contributed by atoms with Crippen LogP contribution in [0.1, 0.15) is 22.7 Å². The molecular weight excluding hydrogens is 170 g/mol. The Hall–Kier alpha value is -1.63. The maximum Gasteiger partial charge on any atom is 0.0481 e. The van der Waals surface area contributed by atoms with Crippen molar-refractivity contribution in [1.82, 2.24) is 4.98 Å². The molecule has 0 saturated heterocycles. The minimum absolute atomic E-state index is 0.535. The molecule has 1 aromatic heterocycles. The predicted molar refractivity (Wildman–Crippen MR) is 56.2 cm³/mol. The minimum Gasteiger partial charge on any atom is -0.261 e. The lowest BCUT2D eigenvalue weighted by Crippen LogP contribution is -2.18. The Labute approximate surface area is 83.4 Å². The Morgan fingerprint density at radius 1 is 1.00 bits per heavy atom. The Balaban J connectivity index is 2.00. The van der Waals surface area contributed by atoms with Crippen LogP contribution in [0.2, 0.25) is 0 Å². The van der Waals surface area contributed by atoms with Gasteiger partial charge in [0.05, 0.1) is 0 Å². The first-order chi connectivity index (χ1) is 6.95. The highest BCUT2D eigenvalue weighted by Gasteiger charge is 2.27. The molecule has 1 atom stereocenters. The number of benzene rings is 1. The zero-order chi connectivity index (χ0) is 9.38. The number of fused-ring (bicyclic) bond motifs is 1. The van der Waals surface area contributed by atoms with Gasteiger partial charge >= 0.3 is 0 Å². The average Bonchev–Trinajstić information content (AvgIpc) is 2.22. The van der Waals surface area contributed by atoms with Gasteiger partial charge < -0.3 is 0 Å². The average molecular weight is 181 g/mol. The molecule has 0 aliphatic heterocycles. The second kappa shape index (κ2) is 2.95. The van der Waals surface area contributed by atoms with E-state index in [0.717, 1.165) is 6.42 Å². The van der Waals surface area contributed by atoms with E-state index in [1.165, 1.54) is 16.8 Å². The summed E-state index contributed by atoms with van der Waals surface area (Å²) in [6.07, 6.45) is 3.02. The number of hydrogen-bond acceptors (Lipinski definition) is 1. The third kappa shape index (κ3) is 1.06. The normalized spacial score (nSPS) is 18.4. The maximum absolute atomic E-state index is 4.40. The van der Waals surface area contributed by atoms with E-state index < -0.39 is 0 Å². The highest BCUT2D eigenvalue weighted by molar-refractivity contribution is 5.45. The van der Waals surface area contributed by atoms with Crippen molar-refractivity contribution in [2.45, 2.75) is 12.3 Å². The molecule has 2 aromatic rings. The Morgan fingerprint density at radius 2 is 1.86 bits per heavy atom. The van der Waals surface area contributed by atoms with Crippen molar-refractivity contribution >= 4 is 0 Å². The summed E-state index contributed by atoms with van der Waals surface area (Å²) in [6.45, 7) is 0. The summed E-state index contributed by atoms with van der Waals surface area (Å²) >= 11 is 0. The third-order valence-corrected chi connectivity index (χ3v) is 2.90. The Kier molecular flexibility index (Phi) is 1.63. The summed E-state index contributed by atoms with van der Waals surface area (Å²) in [7, 11) is 0. The van der Waals surface area contributed by atoms with E-state index in [1.807, 2.05) is 12.3 Å². The van der Waals surface area contributed by atoms with Gasteiger partial charge in [-0.15, -0.1) is 0 Å². The molecule has 1 aliphatic rings. The Morgan fingerprint density at radius 3 is 2.64 bits per heavy atom. The van der Waals surface area contributed by atoms with Crippen LogP contribution in [0.25, 0.3) is 0 Å². The van der Waals surface area contributed by atoms with Gasteiger partial charge in [-0.2, -0.15) is 0 Å². The van der Waals surface area contributed by atoms with Gasteiger partial charge in [-0.05, 0) is 29.7 Å². The highest BCUT2D eigenvalue weighted by atomic mass is 14.7. The molecule has 1 aromatic carbocycles. The maximum atomic E-state index is 4.40. The summed E-state index contributed by atoms with van der Waals surface area (Å²) in [5.74, 6) is 0.535. The molecule has 0 fully saturated rings. The molecule has 0 saturated carbocycles. The molecule has 1 aliphatic carbocycles. The molecule has 14 heavy (non-hydrogen) atoms. The zero-order valence-corrected chi connectivity index (χ0v) is 7.85. The van der Waals surface area contributed by atoms with Gasteiger partial charge in [0.25, 0.3) is 0 Å². The lowest BCUT2D eigenvalue weighted by atomic mass is 9.76. The molecule has 1 nitrogen and oxygen atoms in total. The monoisotopic (exact) mass is 181 g/mol. The Bertz CT molecular complexity index is 448. The van der Waals surface area contributed by atoms with E-state index in [4.69, 9.17) is 0 Å². The molecule has 0 N–H and O–H groups in total. The number of pyridine rings is 1. The van der Waals surface area contributed by atoms with Crippen molar-refractivity contribution in [3.63, 3.8) is 0 Å². The molecule has 0 radical (unpaired) electrons. The molecule has 0 unspecified atom stereocenters. The lowest BCUT2D eigenvalue weighted by molar-refractivity contribution is 0.686. The van der Waals surface area contributed by atoms with Crippen LogP contribution in [0, 0.1) is 0 Å². The van der Waals surface area contributed by atoms with Gasteiger partial charge in [-0.3, -0.25) is 4.98 Å². The van der Waals surface area contributed by atoms with Gasteiger partial charge in [0.15, 0.2) is 0 Å². The fourth-order valence-corrected chi connectivity index (χ4v) is 2.10. The molecule has 0 bridgehead atoms. The topological polar surface area (TPSA) is 12.9 Å². The van der Waals surface area contributed by atoms with E-state index in [9.17, 15) is 0 Å². The van der Waals surface area contributed by atoms with Crippen molar-refractivity contribution in [1.29, 1.82) is 0 Å². The summed E-state index contributed by atoms with van der Waals surface area (Å²) in [5, 5.41) is 0. The first-order valence-corrected chi connectivity index (χ1v) is 4.94. The summed E-state index contributed by atoms with van der Waals surface area (Å²) in [5.41, 5.74) is 4.13. The summed E-state index contributed by atoms with van der Waals surface area (Å²) < 4.78 is 0. The van der Waals surface area contributed by atoms with Crippen LogP contribution < -0.4 is 0 Å². The highest BCUT2D eigenvalue weighted by Crippen LogP contribution is 2.38. The largest absolute Gasteiger partial charge is 0.261 e. The minimum atomic E-state index is 0.535. The van der Waals surface area contributed by atoms with Crippen LogP contribution in [0.4, 0.5) is 0 Å². The number of hydrogen-bond donors (Lipinski definition) is 0. The third-order valence-electron chi connectivity index (χ3n) is 2.90. The fraction of sp³-hybridized carbons (Fsp3) is 0.154. The SMILES string of the molecule is c1ccc([C@H]2Cc3ccccc32)nc1. The van der Waals surface area contributed by atoms with Crippen LogP contribution in [-0.4, -0.2) is 4.98 Å². The van der Waals surface area contributed by atoms with Gasteiger partial charge in [-0.25, -0.2) is 0 Å². The van der Waals surface area contributed by atoms with Crippen LogP contribution in [0.15, 0.2) is 48.7 Å². The van der Waals surface area contributed by atoms with E-state index in [-0.39, 0.29) is 0 Å². The van der Waals surface area contributed by atoms with Crippen molar-refractivity contribution in [3.05, 3.63) is 65.5 Å². The summed E-state index contributed by atoms with van der Waals surface area (Å²) in [4.78, 5) is 4.40. The van der Waals surface area contributed by atoms with Crippen molar-refractivity contribution in [3.8, 4) is 0 Å². The number of rotatable bonds is 1.